The summed E-state index contributed by atoms with van der Waals surface area (Å²) < 4.78 is 0. The molecule has 4 heteroatoms. The van der Waals surface area contributed by atoms with Gasteiger partial charge >= 0.3 is 5.97 Å². The van der Waals surface area contributed by atoms with Crippen LogP contribution in [0.2, 0.25) is 12.6 Å². The van der Waals surface area contributed by atoms with Gasteiger partial charge in [-0.25, -0.2) is 5.26 Å². The van der Waals surface area contributed by atoms with Crippen LogP contribution in [0.4, 0.5) is 0 Å². The van der Waals surface area contributed by atoms with E-state index in [0.717, 1.165) is 31.9 Å². The van der Waals surface area contributed by atoms with Crippen LogP contribution in [-0.2, 0) is 10.2 Å². The minimum Gasteiger partial charge on any atom is -0.481 e. The molecule has 1 spiro atoms. The van der Waals surface area contributed by atoms with Gasteiger partial charge in [-0.05, 0) is 41.7 Å². The fraction of sp³-hybridized carbons (Fsp3) is 0.500. The van der Waals surface area contributed by atoms with Crippen molar-refractivity contribution in [1.82, 2.24) is 0 Å². The van der Waals surface area contributed by atoms with E-state index in [-0.39, 0.29) is 24.5 Å². The monoisotopic (exact) mass is 267 g/mol. The number of hydrogen-bond acceptors (Lipinski definition) is 2. The van der Waals surface area contributed by atoms with Gasteiger partial charge in [-0.15, -0.1) is 0 Å². The Morgan fingerprint density at radius 2 is 2.10 bits per heavy atom. The lowest BCUT2D eigenvalue weighted by molar-refractivity contribution is -0.137. The second kappa shape index (κ2) is 4.97. The molecule has 0 aromatic heterocycles. The number of hydrogen-bond donors (Lipinski definition) is 1. The van der Waals surface area contributed by atoms with Crippen molar-refractivity contribution in [2.75, 3.05) is 0 Å². The third-order valence-corrected chi connectivity index (χ3v) is 5.16. The predicted molar refractivity (Wildman–Crippen MR) is 77.9 cm³/mol. The van der Waals surface area contributed by atoms with Crippen LogP contribution in [0.15, 0.2) is 24.3 Å². The van der Waals surface area contributed by atoms with Crippen molar-refractivity contribution < 1.29 is 9.90 Å². The van der Waals surface area contributed by atoms with Crippen LogP contribution in [0, 0.1) is 11.2 Å². The minimum atomic E-state index is -0.715. The van der Waals surface area contributed by atoms with Gasteiger partial charge in [0, 0.05) is 5.97 Å². The maximum absolute atomic E-state index is 11.1. The lowest BCUT2D eigenvalue weighted by atomic mass is 9.39. The van der Waals surface area contributed by atoms with Crippen LogP contribution in [0.25, 0.3) is 0 Å². The minimum absolute atomic E-state index is 0.129. The summed E-state index contributed by atoms with van der Waals surface area (Å²) in [5, 5.41) is 18.2. The Kier molecular flexibility index (Phi) is 3.29. The number of carbonyl (C=O) groups is 1. The normalized spacial score (nSPS) is 23.4. The van der Waals surface area contributed by atoms with Gasteiger partial charge in [0.25, 0.3) is 6.71 Å². The van der Waals surface area contributed by atoms with E-state index in [0.29, 0.717) is 0 Å². The number of aliphatic carboxylic acids is 1. The van der Waals surface area contributed by atoms with Gasteiger partial charge in [-0.2, -0.15) is 0 Å². The Bertz CT molecular complexity index is 570. The van der Waals surface area contributed by atoms with Crippen molar-refractivity contribution >= 4 is 12.7 Å². The predicted octanol–water partition coefficient (Wildman–Crippen LogP) is 3.24. The summed E-state index contributed by atoms with van der Waals surface area (Å²) in [5.41, 5.74) is 2.71. The molecule has 3 nitrogen and oxygen atoms in total. The highest BCUT2D eigenvalue weighted by atomic mass is 16.4. The van der Waals surface area contributed by atoms with Crippen molar-refractivity contribution in [2.45, 2.75) is 49.7 Å². The molecule has 0 bridgehead atoms. The molecule has 1 aliphatic carbocycles. The van der Waals surface area contributed by atoms with Gasteiger partial charge in [-0.1, -0.05) is 36.9 Å². The lowest BCUT2D eigenvalue weighted by Crippen LogP contribution is -2.32. The third kappa shape index (κ3) is 2.12. The first-order valence-electron chi connectivity index (χ1n) is 7.35. The van der Waals surface area contributed by atoms with E-state index < -0.39 is 5.97 Å². The van der Waals surface area contributed by atoms with E-state index >= 15 is 0 Å². The second-order valence-corrected chi connectivity index (χ2v) is 6.27. The van der Waals surface area contributed by atoms with Crippen LogP contribution in [0.5, 0.6) is 0 Å². The number of nitrogens with zero attached hydrogens (tertiary/aromatic N) is 1. The molecule has 1 aliphatic heterocycles. The zero-order valence-electron chi connectivity index (χ0n) is 11.5. The van der Waals surface area contributed by atoms with E-state index in [2.05, 4.69) is 24.2 Å². The fourth-order valence-electron chi connectivity index (χ4n) is 4.19. The van der Waals surface area contributed by atoms with Crippen LogP contribution >= 0.6 is 0 Å². The Balaban J connectivity index is 1.91. The number of rotatable bonds is 2. The molecule has 102 valence electrons. The smallest absolute Gasteiger partial charge is 0.303 e. The molecule has 0 radical (unpaired) electrons. The van der Waals surface area contributed by atoms with Gasteiger partial charge in [0.05, 0.1) is 6.42 Å². The summed E-state index contributed by atoms with van der Waals surface area (Å²) in [4.78, 5) is 11.1. The largest absolute Gasteiger partial charge is 0.481 e. The molecule has 1 heterocycles. The van der Waals surface area contributed by atoms with Gasteiger partial charge in [0.15, 0.2) is 0 Å². The van der Waals surface area contributed by atoms with E-state index in [1.54, 1.807) is 0 Å². The number of benzene rings is 1. The summed E-state index contributed by atoms with van der Waals surface area (Å²) in [6.07, 6.45) is 5.11. The summed E-state index contributed by atoms with van der Waals surface area (Å²) in [7, 11) is 0. The number of nitriles is 1. The number of fused-ring (bicyclic) bond motifs is 2. The quantitative estimate of drug-likeness (QED) is 0.837. The molecule has 0 amide bonds. The molecule has 1 atom stereocenters. The highest BCUT2D eigenvalue weighted by Gasteiger charge is 2.46. The van der Waals surface area contributed by atoms with Gasteiger partial charge in [0.1, 0.15) is 0 Å². The zero-order valence-corrected chi connectivity index (χ0v) is 11.5. The molecule has 1 aromatic rings. The SMILES string of the molecule is N#CB1CCC2(CC1)CC(CC(=O)O)c1ccccc12. The van der Waals surface area contributed by atoms with Gasteiger partial charge in [0.2, 0.25) is 0 Å². The first-order chi connectivity index (χ1) is 9.64. The fourth-order valence-corrected chi connectivity index (χ4v) is 4.19. The molecule has 1 aromatic carbocycles. The van der Waals surface area contributed by atoms with Crippen LogP contribution in [0.3, 0.4) is 0 Å². The van der Waals surface area contributed by atoms with Gasteiger partial charge < -0.3 is 5.11 Å². The molecule has 2 aliphatic rings. The Morgan fingerprint density at radius 1 is 1.40 bits per heavy atom. The van der Waals surface area contributed by atoms with Crippen LogP contribution < -0.4 is 0 Å². The standard InChI is InChI=1S/C16H18BNO2/c18-11-17-7-5-16(6-8-17)10-12(9-15(19)20)13-3-1-2-4-14(13)16/h1-4,12H,5-10H2,(H,19,20). The van der Waals surface area contributed by atoms with Crippen molar-refractivity contribution in [2.24, 2.45) is 0 Å². The van der Waals surface area contributed by atoms with E-state index in [4.69, 9.17) is 10.4 Å². The average molecular weight is 267 g/mol. The highest BCUT2D eigenvalue weighted by Crippen LogP contribution is 2.54. The molecule has 1 unspecified atom stereocenters. The molecule has 1 fully saturated rings. The molecule has 20 heavy (non-hydrogen) atoms. The second-order valence-electron chi connectivity index (χ2n) is 6.27. The van der Waals surface area contributed by atoms with Crippen LogP contribution in [0.1, 0.15) is 42.7 Å². The summed E-state index contributed by atoms with van der Waals surface area (Å²) in [6.45, 7) is 0.186. The van der Waals surface area contributed by atoms with E-state index in [9.17, 15) is 4.79 Å². The third-order valence-electron chi connectivity index (χ3n) is 5.16. The first-order valence-corrected chi connectivity index (χ1v) is 7.35. The zero-order chi connectivity index (χ0) is 14.2. The maximum atomic E-state index is 11.1. The van der Waals surface area contributed by atoms with Crippen molar-refractivity contribution in [3.05, 3.63) is 35.4 Å². The molecule has 1 N–H and O–H groups in total. The average Bonchev–Trinajstić information content (AvgIpc) is 2.74. The number of carboxylic acid groups (broad SMARTS) is 1. The molecule has 3 rings (SSSR count). The van der Waals surface area contributed by atoms with Crippen molar-refractivity contribution in [1.29, 1.82) is 5.26 Å². The van der Waals surface area contributed by atoms with Gasteiger partial charge in [-0.3, -0.25) is 4.79 Å². The molecule has 0 saturated carbocycles. The Morgan fingerprint density at radius 3 is 2.75 bits per heavy atom. The van der Waals surface area contributed by atoms with E-state index in [1.165, 1.54) is 11.1 Å². The molecular formula is C16H18BNO2. The first kappa shape index (κ1) is 13.2. The summed E-state index contributed by atoms with van der Waals surface area (Å²) in [5.74, 6) is 1.81. The maximum Gasteiger partial charge on any atom is 0.303 e. The Hall–Kier alpha value is -1.76. The summed E-state index contributed by atoms with van der Waals surface area (Å²) in [6, 6.07) is 8.33. The topological polar surface area (TPSA) is 61.1 Å². The summed E-state index contributed by atoms with van der Waals surface area (Å²) >= 11 is 0. The van der Waals surface area contributed by atoms with Crippen molar-refractivity contribution in [3.63, 3.8) is 0 Å². The van der Waals surface area contributed by atoms with E-state index in [1.807, 2.05) is 6.07 Å². The lowest BCUT2D eigenvalue weighted by Gasteiger charge is -2.35. The van der Waals surface area contributed by atoms with Crippen molar-refractivity contribution in [3.8, 4) is 5.97 Å². The number of carboxylic acids is 1. The van der Waals surface area contributed by atoms with Crippen LogP contribution in [-0.4, -0.2) is 17.8 Å². The molecular weight excluding hydrogens is 249 g/mol. The molecule has 1 saturated heterocycles. The Labute approximate surface area is 119 Å². The highest BCUT2D eigenvalue weighted by molar-refractivity contribution is 6.67.